The topological polar surface area (TPSA) is 91.5 Å². The van der Waals surface area contributed by atoms with Gasteiger partial charge in [-0.15, -0.1) is 11.3 Å². The quantitative estimate of drug-likeness (QED) is 0.671. The predicted molar refractivity (Wildman–Crippen MR) is 86.7 cm³/mol. The van der Waals surface area contributed by atoms with Gasteiger partial charge in [-0.3, -0.25) is 0 Å². The minimum atomic E-state index is -1.02. The van der Waals surface area contributed by atoms with E-state index in [4.69, 9.17) is 9.26 Å². The summed E-state index contributed by atoms with van der Waals surface area (Å²) in [5.74, 6) is -1.29. The molecule has 8 heteroatoms. The van der Waals surface area contributed by atoms with Gasteiger partial charge < -0.3 is 14.0 Å². The second-order valence-corrected chi connectivity index (χ2v) is 6.00. The minimum Gasteiger partial charge on any atom is -0.466 e. The summed E-state index contributed by atoms with van der Waals surface area (Å²) < 4.78 is 15.0. The lowest BCUT2D eigenvalue weighted by Gasteiger charge is -2.11. The molecule has 0 unspecified atom stereocenters. The molecular formula is C16H14N2O5S. The second-order valence-electron chi connectivity index (χ2n) is 5.05. The molecule has 0 bridgehead atoms. The first-order chi connectivity index (χ1) is 11.5. The predicted octanol–water partition coefficient (Wildman–Crippen LogP) is 2.98. The van der Waals surface area contributed by atoms with Crippen molar-refractivity contribution in [3.63, 3.8) is 0 Å². The molecule has 0 spiro atoms. The fraction of sp³-hybridized carbons (Fsp3) is 0.250. The highest BCUT2D eigenvalue weighted by Crippen LogP contribution is 2.29. The van der Waals surface area contributed by atoms with E-state index in [1.165, 1.54) is 25.4 Å². The van der Waals surface area contributed by atoms with Crippen molar-refractivity contribution in [2.45, 2.75) is 20.0 Å². The molecule has 124 valence electrons. The van der Waals surface area contributed by atoms with Crippen LogP contribution in [0.25, 0.3) is 21.7 Å². The van der Waals surface area contributed by atoms with E-state index >= 15 is 0 Å². The van der Waals surface area contributed by atoms with E-state index in [1.807, 2.05) is 17.5 Å². The molecule has 3 aromatic heterocycles. The molecule has 1 atom stereocenters. The monoisotopic (exact) mass is 346 g/mol. The van der Waals surface area contributed by atoms with Crippen LogP contribution in [-0.4, -0.2) is 35.3 Å². The first kappa shape index (κ1) is 16.1. The Morgan fingerprint density at radius 2 is 2.17 bits per heavy atom. The molecule has 3 rings (SSSR count). The number of nitrogens with zero attached hydrogens (tertiary/aromatic N) is 2. The van der Waals surface area contributed by atoms with Crippen molar-refractivity contribution in [1.29, 1.82) is 0 Å². The Hall–Kier alpha value is -2.74. The molecule has 0 aliphatic rings. The third kappa shape index (κ3) is 2.88. The molecule has 0 aliphatic heterocycles. The molecule has 0 aromatic carbocycles. The van der Waals surface area contributed by atoms with Gasteiger partial charge in [-0.2, -0.15) is 0 Å². The summed E-state index contributed by atoms with van der Waals surface area (Å²) in [6.07, 6.45) is -1.02. The van der Waals surface area contributed by atoms with Crippen molar-refractivity contribution in [2.24, 2.45) is 0 Å². The molecule has 0 saturated carbocycles. The van der Waals surface area contributed by atoms with E-state index in [1.54, 1.807) is 13.0 Å². The lowest BCUT2D eigenvalue weighted by Crippen LogP contribution is -2.25. The van der Waals surface area contributed by atoms with Gasteiger partial charge in [0.2, 0.25) is 0 Å². The first-order valence-corrected chi connectivity index (χ1v) is 7.99. The van der Waals surface area contributed by atoms with Crippen LogP contribution in [0.2, 0.25) is 0 Å². The zero-order chi connectivity index (χ0) is 17.3. The lowest BCUT2D eigenvalue weighted by atomic mass is 10.1. The molecule has 0 saturated heterocycles. The summed E-state index contributed by atoms with van der Waals surface area (Å²) >= 11 is 1.48. The zero-order valence-corrected chi connectivity index (χ0v) is 14.0. The van der Waals surface area contributed by atoms with Crippen molar-refractivity contribution in [1.82, 2.24) is 10.1 Å². The van der Waals surface area contributed by atoms with Crippen LogP contribution in [0.5, 0.6) is 0 Å². The summed E-state index contributed by atoms with van der Waals surface area (Å²) in [5, 5.41) is 6.23. The van der Waals surface area contributed by atoms with Crippen LogP contribution < -0.4 is 0 Å². The smallest absolute Gasteiger partial charge is 0.346 e. The highest BCUT2D eigenvalue weighted by molar-refractivity contribution is 7.13. The molecule has 0 radical (unpaired) electrons. The van der Waals surface area contributed by atoms with Gasteiger partial charge in [0.05, 0.1) is 34.3 Å². The highest BCUT2D eigenvalue weighted by Gasteiger charge is 2.24. The number of carbonyl (C=O) groups is 2. The van der Waals surface area contributed by atoms with Crippen LogP contribution in [0.3, 0.4) is 0 Å². The van der Waals surface area contributed by atoms with Crippen molar-refractivity contribution in [3.8, 4) is 10.6 Å². The molecule has 0 fully saturated rings. The Balaban J connectivity index is 2.06. The van der Waals surface area contributed by atoms with Gasteiger partial charge in [-0.05, 0) is 31.4 Å². The minimum absolute atomic E-state index is 0.246. The molecule has 0 amide bonds. The Bertz CT molecular complexity index is 901. The third-order valence-electron chi connectivity index (χ3n) is 3.43. The number of hydrogen-bond donors (Lipinski definition) is 0. The number of pyridine rings is 1. The maximum atomic E-state index is 12.5. The van der Waals surface area contributed by atoms with Gasteiger partial charge in [-0.1, -0.05) is 11.2 Å². The van der Waals surface area contributed by atoms with E-state index in [0.717, 1.165) is 4.88 Å². The average Bonchev–Trinajstić information content (AvgIpc) is 3.23. The van der Waals surface area contributed by atoms with Crippen LogP contribution >= 0.6 is 11.3 Å². The number of aromatic nitrogens is 2. The lowest BCUT2D eigenvalue weighted by molar-refractivity contribution is -0.149. The number of carbonyl (C=O) groups excluding carboxylic acids is 2. The fourth-order valence-electron chi connectivity index (χ4n) is 2.24. The van der Waals surface area contributed by atoms with Crippen LogP contribution in [0, 0.1) is 6.92 Å². The Morgan fingerprint density at radius 3 is 2.83 bits per heavy atom. The van der Waals surface area contributed by atoms with Crippen LogP contribution in [-0.2, 0) is 14.3 Å². The van der Waals surface area contributed by atoms with Crippen molar-refractivity contribution in [3.05, 3.63) is 34.8 Å². The number of rotatable bonds is 4. The Morgan fingerprint density at radius 1 is 1.38 bits per heavy atom. The van der Waals surface area contributed by atoms with Gasteiger partial charge in [0.25, 0.3) is 5.71 Å². The average molecular weight is 346 g/mol. The van der Waals surface area contributed by atoms with E-state index in [-0.39, 0.29) is 11.3 Å². The van der Waals surface area contributed by atoms with Crippen molar-refractivity contribution in [2.75, 3.05) is 7.11 Å². The largest absolute Gasteiger partial charge is 0.466 e. The van der Waals surface area contributed by atoms with Crippen LogP contribution in [0.15, 0.2) is 28.1 Å². The second kappa shape index (κ2) is 6.40. The van der Waals surface area contributed by atoms with E-state index in [9.17, 15) is 9.59 Å². The number of fused-ring (bicyclic) bond motifs is 1. The number of ether oxygens (including phenoxy) is 2. The zero-order valence-electron chi connectivity index (χ0n) is 13.2. The maximum Gasteiger partial charge on any atom is 0.346 e. The van der Waals surface area contributed by atoms with Gasteiger partial charge in [0.1, 0.15) is 0 Å². The van der Waals surface area contributed by atoms with Gasteiger partial charge in [-0.25, -0.2) is 14.6 Å². The van der Waals surface area contributed by atoms with Crippen LogP contribution in [0.4, 0.5) is 0 Å². The third-order valence-corrected chi connectivity index (χ3v) is 4.32. The summed E-state index contributed by atoms with van der Waals surface area (Å²) in [5.41, 5.74) is 1.59. The Labute approximate surface area is 141 Å². The molecule has 0 N–H and O–H groups in total. The van der Waals surface area contributed by atoms with Crippen molar-refractivity contribution >= 4 is 34.4 Å². The Kier molecular flexibility index (Phi) is 4.30. The van der Waals surface area contributed by atoms with Gasteiger partial charge >= 0.3 is 11.9 Å². The van der Waals surface area contributed by atoms with Gasteiger partial charge in [0.15, 0.2) is 6.10 Å². The molecule has 3 aromatic rings. The normalized spacial score (nSPS) is 12.1. The highest BCUT2D eigenvalue weighted by atomic mass is 32.1. The summed E-state index contributed by atoms with van der Waals surface area (Å²) in [4.78, 5) is 29.3. The number of hydrogen-bond acceptors (Lipinski definition) is 8. The van der Waals surface area contributed by atoms with Crippen LogP contribution in [0.1, 0.15) is 23.0 Å². The standard InChI is InChI=1S/C16H14N2O5S/c1-8-13-10(16(20)22-9(2)15(19)21-3)7-11(12-5-4-6-24-12)17-14(13)23-18-8/h4-7,9H,1-3H3/t9-/m1/s1. The molecule has 7 nitrogen and oxygen atoms in total. The first-order valence-electron chi connectivity index (χ1n) is 7.11. The number of esters is 2. The summed E-state index contributed by atoms with van der Waals surface area (Å²) in [6.45, 7) is 3.15. The number of aryl methyl sites for hydroxylation is 1. The molecular weight excluding hydrogens is 332 g/mol. The van der Waals surface area contributed by atoms with Crippen molar-refractivity contribution < 1.29 is 23.6 Å². The summed E-state index contributed by atoms with van der Waals surface area (Å²) in [7, 11) is 1.23. The van der Waals surface area contributed by atoms with Gasteiger partial charge in [0, 0.05) is 0 Å². The summed E-state index contributed by atoms with van der Waals surface area (Å²) in [6, 6.07) is 5.38. The molecule has 0 aliphatic carbocycles. The SMILES string of the molecule is COC(=O)[C@@H](C)OC(=O)c1cc(-c2cccs2)nc2onc(C)c12. The number of thiophene rings is 1. The maximum absolute atomic E-state index is 12.5. The van der Waals surface area contributed by atoms with E-state index in [2.05, 4.69) is 14.9 Å². The molecule has 24 heavy (non-hydrogen) atoms. The fourth-order valence-corrected chi connectivity index (χ4v) is 2.93. The van der Waals surface area contributed by atoms with E-state index in [0.29, 0.717) is 16.8 Å². The molecule has 3 heterocycles. The number of methoxy groups -OCH3 is 1. The van der Waals surface area contributed by atoms with E-state index < -0.39 is 18.0 Å².